The summed E-state index contributed by atoms with van der Waals surface area (Å²) in [6, 6.07) is 15.4. The molecule has 3 aromatic rings. The molecule has 1 aliphatic rings. The predicted molar refractivity (Wildman–Crippen MR) is 142 cm³/mol. The number of aryl methyl sites for hydroxylation is 1. The van der Waals surface area contributed by atoms with Crippen molar-refractivity contribution in [2.45, 2.75) is 27.2 Å². The summed E-state index contributed by atoms with van der Waals surface area (Å²) in [6.07, 6.45) is 0.928. The highest BCUT2D eigenvalue weighted by Gasteiger charge is 2.16. The molecule has 2 N–H and O–H groups in total. The fraction of sp³-hybridized carbons (Fsp3) is 0.393. The number of carbonyl (C=O) groups excluding carboxylic acids is 2. The summed E-state index contributed by atoms with van der Waals surface area (Å²) in [5.74, 6) is -0.186. The van der Waals surface area contributed by atoms with Gasteiger partial charge in [-0.1, -0.05) is 30.7 Å². The van der Waals surface area contributed by atoms with Crippen LogP contribution in [-0.2, 0) is 4.79 Å². The van der Waals surface area contributed by atoms with Crippen LogP contribution < -0.4 is 10.6 Å². The van der Waals surface area contributed by atoms with E-state index in [0.717, 1.165) is 79.1 Å². The third kappa shape index (κ3) is 6.44. The van der Waals surface area contributed by atoms with Gasteiger partial charge in [0.25, 0.3) is 5.91 Å². The SMILES string of the molecule is CCN1CCN(CCCNC(=O)c2cc(-c3ccc(NC(C)=O)cc3)nc3ccc(C)cc23)CC1. The first kappa shape index (κ1) is 24.8. The third-order valence-corrected chi connectivity index (χ3v) is 6.56. The summed E-state index contributed by atoms with van der Waals surface area (Å²) in [6.45, 7) is 12.9. The number of carbonyl (C=O) groups is 2. The first-order valence-electron chi connectivity index (χ1n) is 12.5. The first-order chi connectivity index (χ1) is 16.9. The molecule has 0 aliphatic carbocycles. The van der Waals surface area contributed by atoms with Gasteiger partial charge in [-0.15, -0.1) is 0 Å². The largest absolute Gasteiger partial charge is 0.352 e. The molecular weight excluding hydrogens is 438 g/mol. The van der Waals surface area contributed by atoms with Crippen molar-refractivity contribution in [3.8, 4) is 11.3 Å². The Hall–Kier alpha value is -3.29. The van der Waals surface area contributed by atoms with Gasteiger partial charge in [-0.05, 0) is 56.8 Å². The van der Waals surface area contributed by atoms with Crippen LogP contribution >= 0.6 is 0 Å². The predicted octanol–water partition coefficient (Wildman–Crippen LogP) is 3.93. The second-order valence-electron chi connectivity index (χ2n) is 9.22. The number of nitrogens with zero attached hydrogens (tertiary/aromatic N) is 3. The van der Waals surface area contributed by atoms with Crippen LogP contribution in [0, 0.1) is 6.92 Å². The lowest BCUT2D eigenvalue weighted by Crippen LogP contribution is -2.46. The molecule has 2 amide bonds. The third-order valence-electron chi connectivity index (χ3n) is 6.56. The molecule has 2 heterocycles. The number of likely N-dealkylation sites (N-methyl/N-ethyl adjacent to an activating group) is 1. The minimum Gasteiger partial charge on any atom is -0.352 e. The molecule has 7 heteroatoms. The Bertz CT molecular complexity index is 1180. The van der Waals surface area contributed by atoms with Gasteiger partial charge in [0.05, 0.1) is 16.8 Å². The molecule has 1 saturated heterocycles. The minimum atomic E-state index is -0.112. The Morgan fingerprint density at radius 2 is 1.69 bits per heavy atom. The minimum absolute atomic E-state index is 0.0741. The second-order valence-corrected chi connectivity index (χ2v) is 9.22. The Labute approximate surface area is 207 Å². The van der Waals surface area contributed by atoms with Crippen molar-refractivity contribution >= 4 is 28.4 Å². The van der Waals surface area contributed by atoms with Crippen LogP contribution in [0.1, 0.15) is 36.2 Å². The zero-order chi connectivity index (χ0) is 24.8. The maximum absolute atomic E-state index is 13.3. The number of fused-ring (bicyclic) bond motifs is 1. The van der Waals surface area contributed by atoms with E-state index in [2.05, 4.69) is 27.4 Å². The smallest absolute Gasteiger partial charge is 0.252 e. The van der Waals surface area contributed by atoms with Crippen LogP contribution in [0.4, 0.5) is 5.69 Å². The maximum Gasteiger partial charge on any atom is 0.252 e. The molecule has 1 fully saturated rings. The molecule has 1 aliphatic heterocycles. The summed E-state index contributed by atoms with van der Waals surface area (Å²) >= 11 is 0. The monoisotopic (exact) mass is 473 g/mol. The average molecular weight is 474 g/mol. The molecule has 0 saturated carbocycles. The molecule has 7 nitrogen and oxygen atoms in total. The highest BCUT2D eigenvalue weighted by molar-refractivity contribution is 6.07. The van der Waals surface area contributed by atoms with E-state index in [1.165, 1.54) is 6.92 Å². The number of rotatable bonds is 8. The highest BCUT2D eigenvalue weighted by atomic mass is 16.2. The van der Waals surface area contributed by atoms with Crippen LogP contribution in [-0.4, -0.2) is 72.4 Å². The number of nitrogens with one attached hydrogen (secondary N) is 2. The zero-order valence-electron chi connectivity index (χ0n) is 20.9. The van der Waals surface area contributed by atoms with E-state index in [9.17, 15) is 9.59 Å². The van der Waals surface area contributed by atoms with Gasteiger partial charge >= 0.3 is 0 Å². The van der Waals surface area contributed by atoms with Crippen LogP contribution in [0.25, 0.3) is 22.2 Å². The Morgan fingerprint density at radius 1 is 0.971 bits per heavy atom. The highest BCUT2D eigenvalue weighted by Crippen LogP contribution is 2.27. The molecular formula is C28H35N5O2. The van der Waals surface area contributed by atoms with Crippen molar-refractivity contribution in [2.75, 3.05) is 51.1 Å². The first-order valence-corrected chi connectivity index (χ1v) is 12.5. The van der Waals surface area contributed by atoms with Crippen molar-refractivity contribution in [1.29, 1.82) is 0 Å². The number of pyridine rings is 1. The Balaban J connectivity index is 1.47. The topological polar surface area (TPSA) is 77.6 Å². The van der Waals surface area contributed by atoms with Gasteiger partial charge in [-0.25, -0.2) is 4.98 Å². The Kier molecular flexibility index (Phi) is 8.10. The van der Waals surface area contributed by atoms with E-state index < -0.39 is 0 Å². The molecule has 0 atom stereocenters. The summed E-state index contributed by atoms with van der Waals surface area (Å²) in [5, 5.41) is 6.76. The van der Waals surface area contributed by atoms with Crippen LogP contribution in [0.2, 0.25) is 0 Å². The van der Waals surface area contributed by atoms with Crippen molar-refractivity contribution < 1.29 is 9.59 Å². The summed E-state index contributed by atoms with van der Waals surface area (Å²) in [4.78, 5) is 34.3. The van der Waals surface area contributed by atoms with Gasteiger partial charge in [0.1, 0.15) is 0 Å². The molecule has 0 unspecified atom stereocenters. The maximum atomic E-state index is 13.3. The number of anilines is 1. The van der Waals surface area contributed by atoms with Gasteiger partial charge in [0.15, 0.2) is 0 Å². The fourth-order valence-corrected chi connectivity index (χ4v) is 4.53. The molecule has 0 bridgehead atoms. The van der Waals surface area contributed by atoms with Gasteiger partial charge in [-0.2, -0.15) is 0 Å². The molecule has 2 aromatic carbocycles. The van der Waals surface area contributed by atoms with Crippen molar-refractivity contribution in [2.24, 2.45) is 0 Å². The van der Waals surface area contributed by atoms with E-state index in [4.69, 9.17) is 4.98 Å². The van der Waals surface area contributed by atoms with E-state index in [1.54, 1.807) is 0 Å². The molecule has 0 radical (unpaired) electrons. The summed E-state index contributed by atoms with van der Waals surface area (Å²) < 4.78 is 0. The van der Waals surface area contributed by atoms with Gasteiger partial charge in [-0.3, -0.25) is 9.59 Å². The Morgan fingerprint density at radius 3 is 2.37 bits per heavy atom. The fourth-order valence-electron chi connectivity index (χ4n) is 4.53. The number of hydrogen-bond donors (Lipinski definition) is 2. The van der Waals surface area contributed by atoms with Gasteiger partial charge < -0.3 is 20.4 Å². The molecule has 184 valence electrons. The van der Waals surface area contributed by atoms with E-state index >= 15 is 0 Å². The van der Waals surface area contributed by atoms with Crippen molar-refractivity contribution in [3.63, 3.8) is 0 Å². The quantitative estimate of drug-likeness (QED) is 0.485. The number of hydrogen-bond acceptors (Lipinski definition) is 5. The van der Waals surface area contributed by atoms with Crippen LogP contribution in [0.3, 0.4) is 0 Å². The van der Waals surface area contributed by atoms with E-state index in [-0.39, 0.29) is 11.8 Å². The molecule has 4 rings (SSSR count). The number of benzene rings is 2. The molecule has 35 heavy (non-hydrogen) atoms. The van der Waals surface area contributed by atoms with Crippen molar-refractivity contribution in [1.82, 2.24) is 20.1 Å². The lowest BCUT2D eigenvalue weighted by atomic mass is 10.0. The lowest BCUT2D eigenvalue weighted by Gasteiger charge is -2.33. The van der Waals surface area contributed by atoms with E-state index in [0.29, 0.717) is 12.1 Å². The van der Waals surface area contributed by atoms with Gasteiger partial charge in [0.2, 0.25) is 5.91 Å². The van der Waals surface area contributed by atoms with Gasteiger partial charge in [0, 0.05) is 56.3 Å². The number of aromatic nitrogens is 1. The molecule has 0 spiro atoms. The van der Waals surface area contributed by atoms with Crippen LogP contribution in [0.5, 0.6) is 0 Å². The zero-order valence-corrected chi connectivity index (χ0v) is 20.9. The molecule has 1 aromatic heterocycles. The summed E-state index contributed by atoms with van der Waals surface area (Å²) in [5.41, 5.74) is 4.87. The van der Waals surface area contributed by atoms with Crippen LogP contribution in [0.15, 0.2) is 48.5 Å². The normalized spacial score (nSPS) is 14.7. The standard InChI is InChI=1S/C28H35N5O2/c1-4-32-14-16-33(17-15-32)13-5-12-29-28(35)25-19-27(31-26-11-6-20(2)18-24(25)26)22-7-9-23(10-8-22)30-21(3)34/h6-11,18-19H,4-5,12-17H2,1-3H3,(H,29,35)(H,30,34). The number of amides is 2. The summed E-state index contributed by atoms with van der Waals surface area (Å²) in [7, 11) is 0. The van der Waals surface area contributed by atoms with Crippen molar-refractivity contribution in [3.05, 3.63) is 59.7 Å². The average Bonchev–Trinajstić information content (AvgIpc) is 2.86. The number of piperazine rings is 1. The lowest BCUT2D eigenvalue weighted by molar-refractivity contribution is -0.114. The van der Waals surface area contributed by atoms with E-state index in [1.807, 2.05) is 55.5 Å². The second kappa shape index (κ2) is 11.4.